The van der Waals surface area contributed by atoms with Crippen LogP contribution in [0.4, 0.5) is 0 Å². The SMILES string of the molecule is CC(C)(C)O.Cc1cc2nc(C3CC3)sc2c(-c2ccc3c4c(ccnc24)CCO3)c1CC(=O)O. The number of carboxylic acid groups (broad SMARTS) is 1. The summed E-state index contributed by atoms with van der Waals surface area (Å²) in [7, 11) is 0. The highest BCUT2D eigenvalue weighted by Gasteiger charge is 2.29. The van der Waals surface area contributed by atoms with Crippen molar-refractivity contribution in [3.63, 3.8) is 0 Å². The Kier molecular flexibility index (Phi) is 6.01. The van der Waals surface area contributed by atoms with Gasteiger partial charge in [0.2, 0.25) is 0 Å². The molecule has 0 unspecified atom stereocenters. The quantitative estimate of drug-likeness (QED) is 0.362. The van der Waals surface area contributed by atoms with E-state index in [1.54, 1.807) is 32.1 Å². The molecule has 7 heteroatoms. The van der Waals surface area contributed by atoms with Crippen molar-refractivity contribution in [2.75, 3.05) is 6.61 Å². The fraction of sp³-hybridized carbons (Fsp3) is 0.393. The number of benzene rings is 2. The van der Waals surface area contributed by atoms with Crippen LogP contribution in [0.3, 0.4) is 0 Å². The van der Waals surface area contributed by atoms with E-state index in [-0.39, 0.29) is 6.42 Å². The minimum absolute atomic E-state index is 0.0206. The number of hydrogen-bond donors (Lipinski definition) is 2. The number of rotatable bonds is 4. The first-order valence-electron chi connectivity index (χ1n) is 12.0. The van der Waals surface area contributed by atoms with E-state index in [1.165, 1.54) is 18.4 Å². The number of carboxylic acids is 1. The highest BCUT2D eigenvalue weighted by molar-refractivity contribution is 7.19. The molecule has 2 N–H and O–H groups in total. The predicted octanol–water partition coefficient (Wildman–Crippen LogP) is 6.04. The normalized spacial score (nSPS) is 15.0. The summed E-state index contributed by atoms with van der Waals surface area (Å²) >= 11 is 1.71. The summed E-state index contributed by atoms with van der Waals surface area (Å²) < 4.78 is 6.96. The van der Waals surface area contributed by atoms with Crippen LogP contribution in [-0.2, 0) is 17.6 Å². The molecule has 6 nitrogen and oxygen atoms in total. The summed E-state index contributed by atoms with van der Waals surface area (Å²) in [6.45, 7) is 7.88. The van der Waals surface area contributed by atoms with Crippen molar-refractivity contribution in [2.45, 2.75) is 64.9 Å². The van der Waals surface area contributed by atoms with Gasteiger partial charge in [-0.25, -0.2) is 4.98 Å². The molecule has 2 aliphatic rings. The summed E-state index contributed by atoms with van der Waals surface area (Å²) in [6, 6.07) is 8.14. The molecule has 0 atom stereocenters. The lowest BCUT2D eigenvalue weighted by atomic mass is 9.90. The topological polar surface area (TPSA) is 92.5 Å². The highest BCUT2D eigenvalue weighted by atomic mass is 32.1. The van der Waals surface area contributed by atoms with Crippen LogP contribution in [0.2, 0.25) is 0 Å². The Morgan fingerprint density at radius 2 is 1.97 bits per heavy atom. The number of nitrogens with zero attached hydrogens (tertiary/aromatic N) is 2. The van der Waals surface area contributed by atoms with Gasteiger partial charge in [0.1, 0.15) is 5.75 Å². The van der Waals surface area contributed by atoms with Gasteiger partial charge in [-0.05, 0) is 81.5 Å². The summed E-state index contributed by atoms with van der Waals surface area (Å²) in [4.78, 5) is 21.4. The van der Waals surface area contributed by atoms with Crippen molar-refractivity contribution >= 4 is 38.4 Å². The molecule has 2 aromatic carbocycles. The van der Waals surface area contributed by atoms with Crippen molar-refractivity contribution in [2.24, 2.45) is 0 Å². The molecule has 1 aliphatic heterocycles. The summed E-state index contributed by atoms with van der Waals surface area (Å²) in [6.07, 6.45) is 5.06. The second-order valence-electron chi connectivity index (χ2n) is 10.4. The van der Waals surface area contributed by atoms with E-state index in [4.69, 9.17) is 19.8 Å². The Labute approximate surface area is 208 Å². The van der Waals surface area contributed by atoms with Crippen LogP contribution in [0, 0.1) is 6.92 Å². The molecular weight excluding hydrogens is 460 g/mol. The molecule has 4 aromatic rings. The number of aliphatic carboxylic acids is 1. The molecule has 0 radical (unpaired) electrons. The smallest absolute Gasteiger partial charge is 0.307 e. The molecule has 6 rings (SSSR count). The minimum Gasteiger partial charge on any atom is -0.493 e. The summed E-state index contributed by atoms with van der Waals surface area (Å²) in [5, 5.41) is 20.4. The second kappa shape index (κ2) is 8.88. The van der Waals surface area contributed by atoms with Crippen molar-refractivity contribution in [1.82, 2.24) is 9.97 Å². The van der Waals surface area contributed by atoms with Gasteiger partial charge in [-0.2, -0.15) is 0 Å². The lowest BCUT2D eigenvalue weighted by Crippen LogP contribution is -2.10. The van der Waals surface area contributed by atoms with Gasteiger partial charge in [0, 0.05) is 35.0 Å². The van der Waals surface area contributed by atoms with Crippen molar-refractivity contribution in [1.29, 1.82) is 0 Å². The number of fused-ring (bicyclic) bond motifs is 1. The Morgan fingerprint density at radius 3 is 2.66 bits per heavy atom. The molecule has 35 heavy (non-hydrogen) atoms. The number of ether oxygens (including phenoxy) is 1. The molecule has 1 saturated carbocycles. The molecule has 2 aromatic heterocycles. The molecule has 0 amide bonds. The molecule has 3 heterocycles. The molecular formula is C28H30N2O4S. The maximum atomic E-state index is 11.7. The fourth-order valence-electron chi connectivity index (χ4n) is 4.52. The number of thiazole rings is 1. The molecule has 0 saturated heterocycles. The molecule has 0 spiro atoms. The third kappa shape index (κ3) is 4.88. The maximum absolute atomic E-state index is 11.7. The Morgan fingerprint density at radius 1 is 1.23 bits per heavy atom. The molecule has 1 aliphatic carbocycles. The predicted molar refractivity (Wildman–Crippen MR) is 140 cm³/mol. The number of pyridine rings is 1. The van der Waals surface area contributed by atoms with Gasteiger partial charge in [-0.3, -0.25) is 9.78 Å². The van der Waals surface area contributed by atoms with E-state index < -0.39 is 11.6 Å². The highest BCUT2D eigenvalue weighted by Crippen LogP contribution is 2.48. The molecule has 182 valence electrons. The first-order valence-corrected chi connectivity index (χ1v) is 12.8. The zero-order chi connectivity index (χ0) is 24.9. The monoisotopic (exact) mass is 490 g/mol. The van der Waals surface area contributed by atoms with Crippen LogP contribution in [0.15, 0.2) is 30.5 Å². The van der Waals surface area contributed by atoms with Crippen LogP contribution in [0.1, 0.15) is 61.2 Å². The number of hydrogen-bond acceptors (Lipinski definition) is 6. The molecule has 1 fully saturated rings. The van der Waals surface area contributed by atoms with Gasteiger partial charge in [-0.15, -0.1) is 11.3 Å². The van der Waals surface area contributed by atoms with Gasteiger partial charge < -0.3 is 14.9 Å². The van der Waals surface area contributed by atoms with Crippen LogP contribution in [-0.4, -0.2) is 38.4 Å². The van der Waals surface area contributed by atoms with Gasteiger partial charge in [0.15, 0.2) is 0 Å². The first kappa shape index (κ1) is 23.7. The number of aryl methyl sites for hydroxylation is 1. The molecule has 0 bridgehead atoms. The maximum Gasteiger partial charge on any atom is 0.307 e. The Bertz CT molecular complexity index is 1430. The zero-order valence-corrected chi connectivity index (χ0v) is 21.3. The summed E-state index contributed by atoms with van der Waals surface area (Å²) in [5.74, 6) is 0.584. The van der Waals surface area contributed by atoms with Crippen molar-refractivity contribution in [3.8, 4) is 16.9 Å². The number of aliphatic hydroxyl groups is 1. The van der Waals surface area contributed by atoms with Gasteiger partial charge in [0.05, 0.1) is 39.4 Å². The average Bonchev–Trinajstić information content (AvgIpc) is 3.54. The Hall–Kier alpha value is -3.03. The van der Waals surface area contributed by atoms with E-state index in [0.29, 0.717) is 12.5 Å². The lowest BCUT2D eigenvalue weighted by Gasteiger charge is -2.21. The van der Waals surface area contributed by atoms with Crippen LogP contribution in [0.25, 0.3) is 32.2 Å². The standard InChI is InChI=1S/C24H20N2O3S.C4H10O/c1-12-10-17-23(30-24(26-17)14-2-3-14)21(16(12)11-19(27)28)15-4-5-18-20-13(7-9-29-18)6-8-25-22(15)20;1-4(2,3)5/h4-6,8,10,14H,2-3,7,9,11H2,1H3,(H,27,28);5H,1-3H3. The van der Waals surface area contributed by atoms with Crippen molar-refractivity contribution < 1.29 is 19.7 Å². The van der Waals surface area contributed by atoms with E-state index >= 15 is 0 Å². The third-order valence-electron chi connectivity index (χ3n) is 6.12. The zero-order valence-electron chi connectivity index (χ0n) is 20.5. The van der Waals surface area contributed by atoms with Crippen molar-refractivity contribution in [3.05, 3.63) is 52.2 Å². The fourth-order valence-corrected chi connectivity index (χ4v) is 5.82. The van der Waals surface area contributed by atoms with Crippen LogP contribution >= 0.6 is 11.3 Å². The van der Waals surface area contributed by atoms with Crippen LogP contribution in [0.5, 0.6) is 5.75 Å². The lowest BCUT2D eigenvalue weighted by molar-refractivity contribution is -0.136. The van der Waals surface area contributed by atoms with Gasteiger partial charge in [-0.1, -0.05) is 0 Å². The second-order valence-corrected chi connectivity index (χ2v) is 11.4. The van der Waals surface area contributed by atoms with E-state index in [1.807, 2.05) is 31.3 Å². The number of aromatic nitrogens is 2. The Balaban J connectivity index is 0.000000464. The third-order valence-corrected chi connectivity index (χ3v) is 7.37. The largest absolute Gasteiger partial charge is 0.493 e. The minimum atomic E-state index is -0.829. The summed E-state index contributed by atoms with van der Waals surface area (Å²) in [5.41, 5.74) is 6.32. The van der Waals surface area contributed by atoms with Gasteiger partial charge >= 0.3 is 5.97 Å². The van der Waals surface area contributed by atoms with Gasteiger partial charge in [0.25, 0.3) is 0 Å². The first-order chi connectivity index (χ1) is 16.6. The van der Waals surface area contributed by atoms with Crippen LogP contribution < -0.4 is 4.74 Å². The number of carbonyl (C=O) groups is 1. The average molecular weight is 491 g/mol. The van der Waals surface area contributed by atoms with E-state index in [0.717, 1.165) is 60.6 Å². The van der Waals surface area contributed by atoms with E-state index in [2.05, 4.69) is 6.07 Å². The van der Waals surface area contributed by atoms with E-state index in [9.17, 15) is 9.90 Å².